The Morgan fingerprint density at radius 1 is 0.281 bits per heavy atom. The van der Waals surface area contributed by atoms with Gasteiger partial charge in [0.15, 0.2) is 12.2 Å². The smallest absolute Gasteiger partial charge is 0.462 e. The highest BCUT2D eigenvalue weighted by Crippen LogP contribution is 2.45. The number of rotatable bonds is 75. The van der Waals surface area contributed by atoms with Gasteiger partial charge in [0.2, 0.25) is 0 Å². The van der Waals surface area contributed by atoms with Gasteiger partial charge in [-0.25, -0.2) is 9.13 Å². The molecule has 3 N–H and O–H groups in total. The zero-order chi connectivity index (χ0) is 70.9. The lowest BCUT2D eigenvalue weighted by Gasteiger charge is -2.21. The standard InChI is InChI=1S/C77H150O17P2/c1-8-9-10-11-12-13-31-37-46-53-60-76(81)94-73(65-88-75(80)59-52-45-40-39-43-50-57-70(6)7)67-92-96(85,86)90-63-71(78)62-89-95(83,84)91-66-72(64-87-74(79)58-51-44-36-32-27-24-20-22-26-30-35-42-49-56-69(4)5)93-77(82)61-54-47-38-33-28-23-19-17-15-14-16-18-21-25-29-34-41-48-55-68(2)3/h68-73,78H,8-67H2,1-7H3,(H,83,84)(H,85,86)/t71-,72-,73-/m1/s1. The Morgan fingerprint density at radius 3 is 0.708 bits per heavy atom. The van der Waals surface area contributed by atoms with Gasteiger partial charge in [-0.1, -0.05) is 344 Å². The summed E-state index contributed by atoms with van der Waals surface area (Å²) in [7, 11) is -9.91. The molecule has 17 nitrogen and oxygen atoms in total. The second-order valence-electron chi connectivity index (χ2n) is 29.2. The first-order valence-corrected chi connectivity index (χ1v) is 42.8. The molecule has 96 heavy (non-hydrogen) atoms. The van der Waals surface area contributed by atoms with Crippen LogP contribution in [-0.2, 0) is 65.4 Å². The van der Waals surface area contributed by atoms with Gasteiger partial charge in [-0.3, -0.25) is 37.3 Å². The normalized spacial score (nSPS) is 14.1. The Hall–Kier alpha value is -1.94. The number of phosphoric acid groups is 2. The molecule has 0 aliphatic rings. The third-order valence-corrected chi connectivity index (χ3v) is 19.8. The molecule has 0 aromatic heterocycles. The molecular weight excluding hydrogens is 1260 g/mol. The van der Waals surface area contributed by atoms with Crippen LogP contribution in [0.1, 0.15) is 395 Å². The summed E-state index contributed by atoms with van der Waals surface area (Å²) in [4.78, 5) is 72.7. The highest BCUT2D eigenvalue weighted by Gasteiger charge is 2.30. The van der Waals surface area contributed by atoms with Crippen LogP contribution in [0.5, 0.6) is 0 Å². The van der Waals surface area contributed by atoms with Gasteiger partial charge < -0.3 is 33.8 Å². The highest BCUT2D eigenvalue weighted by atomic mass is 31.2. The van der Waals surface area contributed by atoms with Crippen LogP contribution in [0.4, 0.5) is 0 Å². The summed E-state index contributed by atoms with van der Waals surface area (Å²) < 4.78 is 68.5. The number of esters is 4. The Bertz CT molecular complexity index is 1870. The molecule has 0 aromatic rings. The molecule has 0 aromatic carbocycles. The highest BCUT2D eigenvalue weighted by molar-refractivity contribution is 7.47. The predicted octanol–water partition coefficient (Wildman–Crippen LogP) is 22.6. The SMILES string of the molecule is CCCCCCCCCCCCC(=O)O[C@H](COC(=O)CCCCCCCCC(C)C)COP(=O)(O)OC[C@H](O)COP(=O)(O)OC[C@@H](COC(=O)CCCCCCCCCCCCCCCC(C)C)OC(=O)CCCCCCCCCCCCCCCCCCCCC(C)C. The zero-order valence-electron chi connectivity index (χ0n) is 62.8. The maximum Gasteiger partial charge on any atom is 0.472 e. The topological polar surface area (TPSA) is 237 Å². The minimum atomic E-state index is -4.96. The van der Waals surface area contributed by atoms with Crippen LogP contribution >= 0.6 is 15.6 Å². The van der Waals surface area contributed by atoms with E-state index in [-0.39, 0.29) is 25.7 Å². The molecule has 0 rings (SSSR count). The van der Waals surface area contributed by atoms with Crippen LogP contribution in [0.2, 0.25) is 0 Å². The average Bonchev–Trinajstić information content (AvgIpc) is 1.09. The van der Waals surface area contributed by atoms with Crippen molar-refractivity contribution in [2.24, 2.45) is 17.8 Å². The molecule has 0 fully saturated rings. The largest absolute Gasteiger partial charge is 0.472 e. The number of hydrogen-bond acceptors (Lipinski definition) is 15. The molecule has 0 heterocycles. The molecular formula is C77H150O17P2. The summed E-state index contributed by atoms with van der Waals surface area (Å²) in [5, 5.41) is 10.6. The fourth-order valence-electron chi connectivity index (χ4n) is 11.8. The van der Waals surface area contributed by atoms with Crippen LogP contribution in [0.15, 0.2) is 0 Å². The van der Waals surface area contributed by atoms with E-state index in [1.165, 1.54) is 199 Å². The third kappa shape index (κ3) is 70.5. The fourth-order valence-corrected chi connectivity index (χ4v) is 13.4. The summed E-state index contributed by atoms with van der Waals surface area (Å²) in [5.74, 6) is 0.172. The Labute approximate surface area is 588 Å². The van der Waals surface area contributed by atoms with Crippen molar-refractivity contribution < 1.29 is 80.2 Å². The van der Waals surface area contributed by atoms with Crippen molar-refractivity contribution in [1.29, 1.82) is 0 Å². The molecule has 0 saturated heterocycles. The lowest BCUT2D eigenvalue weighted by Crippen LogP contribution is -2.30. The second-order valence-corrected chi connectivity index (χ2v) is 32.1. The van der Waals surface area contributed by atoms with E-state index in [2.05, 4.69) is 48.5 Å². The first kappa shape index (κ1) is 94.1. The number of aliphatic hydroxyl groups is 1. The van der Waals surface area contributed by atoms with Gasteiger partial charge in [-0.05, 0) is 43.4 Å². The molecule has 5 atom stereocenters. The molecule has 0 aliphatic heterocycles. The van der Waals surface area contributed by atoms with Gasteiger partial charge in [0.25, 0.3) is 0 Å². The minimum absolute atomic E-state index is 0.105. The summed E-state index contributed by atoms with van der Waals surface area (Å²) in [6, 6.07) is 0. The van der Waals surface area contributed by atoms with Gasteiger partial charge >= 0.3 is 39.5 Å². The molecule has 0 radical (unpaired) electrons. The number of aliphatic hydroxyl groups excluding tert-OH is 1. The molecule has 0 aliphatic carbocycles. The van der Waals surface area contributed by atoms with E-state index in [0.29, 0.717) is 31.6 Å². The van der Waals surface area contributed by atoms with Crippen molar-refractivity contribution in [2.75, 3.05) is 39.6 Å². The monoisotopic (exact) mass is 1410 g/mol. The maximum absolute atomic E-state index is 13.1. The molecule has 2 unspecified atom stereocenters. The second kappa shape index (κ2) is 67.5. The van der Waals surface area contributed by atoms with Gasteiger partial charge in [-0.15, -0.1) is 0 Å². The van der Waals surface area contributed by atoms with Crippen molar-refractivity contribution in [3.8, 4) is 0 Å². The molecule has 19 heteroatoms. The minimum Gasteiger partial charge on any atom is -0.462 e. The van der Waals surface area contributed by atoms with Crippen molar-refractivity contribution >= 4 is 39.5 Å². The number of unbranched alkanes of at least 4 members (excludes halogenated alkanes) is 43. The van der Waals surface area contributed by atoms with Crippen molar-refractivity contribution in [1.82, 2.24) is 0 Å². The molecule has 0 bridgehead atoms. The van der Waals surface area contributed by atoms with E-state index >= 15 is 0 Å². The van der Waals surface area contributed by atoms with E-state index in [9.17, 15) is 43.2 Å². The first-order valence-electron chi connectivity index (χ1n) is 39.8. The van der Waals surface area contributed by atoms with E-state index in [4.69, 9.17) is 37.0 Å². The maximum atomic E-state index is 13.1. The third-order valence-electron chi connectivity index (χ3n) is 17.9. The van der Waals surface area contributed by atoms with Crippen molar-refractivity contribution in [3.63, 3.8) is 0 Å². The van der Waals surface area contributed by atoms with E-state index in [1.807, 2.05) is 0 Å². The number of ether oxygens (including phenoxy) is 4. The lowest BCUT2D eigenvalue weighted by molar-refractivity contribution is -0.161. The van der Waals surface area contributed by atoms with Crippen LogP contribution in [0.3, 0.4) is 0 Å². The lowest BCUT2D eigenvalue weighted by atomic mass is 10.0. The molecule has 0 amide bonds. The van der Waals surface area contributed by atoms with E-state index in [0.717, 1.165) is 108 Å². The average molecular weight is 1410 g/mol. The van der Waals surface area contributed by atoms with Gasteiger partial charge in [0.05, 0.1) is 26.4 Å². The summed E-state index contributed by atoms with van der Waals surface area (Å²) in [6.45, 7) is 11.9. The molecule has 570 valence electrons. The Kier molecular flexibility index (Phi) is 66.2. The summed E-state index contributed by atoms with van der Waals surface area (Å²) in [6.07, 6.45) is 54.4. The van der Waals surface area contributed by atoms with Crippen molar-refractivity contribution in [2.45, 2.75) is 414 Å². The van der Waals surface area contributed by atoms with Crippen LogP contribution in [0.25, 0.3) is 0 Å². The number of hydrogen-bond donors (Lipinski definition) is 3. The Morgan fingerprint density at radius 2 is 0.479 bits per heavy atom. The zero-order valence-corrected chi connectivity index (χ0v) is 64.6. The van der Waals surface area contributed by atoms with Gasteiger partial charge in [0, 0.05) is 25.7 Å². The quantitative estimate of drug-likeness (QED) is 0.0222. The number of carbonyl (C=O) groups is 4. The van der Waals surface area contributed by atoms with E-state index < -0.39 is 97.5 Å². The van der Waals surface area contributed by atoms with E-state index in [1.54, 1.807) is 0 Å². The van der Waals surface area contributed by atoms with Gasteiger partial charge in [0.1, 0.15) is 19.3 Å². The van der Waals surface area contributed by atoms with Crippen molar-refractivity contribution in [3.05, 3.63) is 0 Å². The number of phosphoric ester groups is 2. The number of carbonyl (C=O) groups excluding carboxylic acids is 4. The first-order chi connectivity index (χ1) is 46.2. The van der Waals surface area contributed by atoms with Gasteiger partial charge in [-0.2, -0.15) is 0 Å². The van der Waals surface area contributed by atoms with Crippen LogP contribution in [-0.4, -0.2) is 96.7 Å². The van der Waals surface area contributed by atoms with Crippen LogP contribution < -0.4 is 0 Å². The fraction of sp³-hybridized carbons (Fsp3) is 0.948. The summed E-state index contributed by atoms with van der Waals surface area (Å²) >= 11 is 0. The van der Waals surface area contributed by atoms with Crippen LogP contribution in [0, 0.1) is 17.8 Å². The molecule has 0 spiro atoms. The Balaban J connectivity index is 5.19. The predicted molar refractivity (Wildman–Crippen MR) is 391 cm³/mol. The molecule has 0 saturated carbocycles. The summed E-state index contributed by atoms with van der Waals surface area (Å²) in [5.41, 5.74) is 0.